The third kappa shape index (κ3) is 2.52. The van der Waals surface area contributed by atoms with Gasteiger partial charge in [-0.3, -0.25) is 0 Å². The molecule has 1 aromatic carbocycles. The van der Waals surface area contributed by atoms with Crippen LogP contribution in [0, 0.1) is 6.92 Å². The number of rotatable bonds is 2. The zero-order valence-corrected chi connectivity index (χ0v) is 8.26. The highest BCUT2D eigenvalue weighted by Crippen LogP contribution is 2.14. The second-order valence-corrected chi connectivity index (χ2v) is 3.16. The summed E-state index contributed by atoms with van der Waals surface area (Å²) in [5, 5.41) is 0. The van der Waals surface area contributed by atoms with E-state index in [1.165, 1.54) is 12.1 Å². The average molecular weight is 217 g/mol. The van der Waals surface area contributed by atoms with Gasteiger partial charge in [0.05, 0.1) is 7.11 Å². The number of halogens is 3. The molecule has 1 rings (SSSR count). The number of methoxy groups -OCH3 is 1. The van der Waals surface area contributed by atoms with Crippen LogP contribution < -0.4 is 5.46 Å². The van der Waals surface area contributed by atoms with Crippen molar-refractivity contribution in [2.75, 3.05) is 7.11 Å². The predicted octanol–water partition coefficient (Wildman–Crippen LogP) is 1.84. The van der Waals surface area contributed by atoms with Gasteiger partial charge in [0.1, 0.15) is 0 Å². The lowest BCUT2D eigenvalue weighted by Gasteiger charge is -2.18. The first kappa shape index (κ1) is 11.6. The molecule has 0 heterocycles. The molecule has 0 aliphatic rings. The summed E-state index contributed by atoms with van der Waals surface area (Å²) < 4.78 is 41.9. The fourth-order valence-electron chi connectivity index (χ4n) is 1.24. The van der Waals surface area contributed by atoms with E-state index in [4.69, 9.17) is 0 Å². The number of ether oxygens (including phenoxy) is 1. The Bertz CT molecular complexity index is 387. The van der Waals surface area contributed by atoms with Crippen LogP contribution in [-0.4, -0.2) is 20.1 Å². The van der Waals surface area contributed by atoms with E-state index in [2.05, 4.69) is 4.74 Å². The minimum Gasteiger partial charge on any atom is -0.465 e. The largest absolute Gasteiger partial charge is 0.510 e. The van der Waals surface area contributed by atoms with Crippen molar-refractivity contribution in [3.63, 3.8) is 0 Å². The highest BCUT2D eigenvalue weighted by Gasteiger charge is 2.30. The van der Waals surface area contributed by atoms with Crippen molar-refractivity contribution in [3.8, 4) is 0 Å². The molecule has 0 saturated heterocycles. The number of carbonyl (C=O) groups is 1. The van der Waals surface area contributed by atoms with Gasteiger partial charge in [0.25, 0.3) is 0 Å². The Hall–Kier alpha value is -1.46. The van der Waals surface area contributed by atoms with Crippen LogP contribution in [-0.2, 0) is 4.74 Å². The third-order valence-corrected chi connectivity index (χ3v) is 1.97. The zero-order chi connectivity index (χ0) is 11.6. The lowest BCUT2D eigenvalue weighted by atomic mass is 9.76. The Morgan fingerprint density at radius 2 is 1.93 bits per heavy atom. The SMILES string of the molecule is COC(=O)c1cc(C)ccc1[B-](F)(F)F. The minimum absolute atomic E-state index is 0.426. The summed E-state index contributed by atoms with van der Waals surface area (Å²) in [7, 11) is 1.05. The summed E-state index contributed by atoms with van der Waals surface area (Å²) in [6.45, 7) is -3.58. The van der Waals surface area contributed by atoms with Gasteiger partial charge in [-0.2, -0.15) is 0 Å². The van der Waals surface area contributed by atoms with E-state index in [-0.39, 0.29) is 0 Å². The van der Waals surface area contributed by atoms with E-state index in [1.807, 2.05) is 0 Å². The normalized spacial score (nSPS) is 11.3. The summed E-state index contributed by atoms with van der Waals surface area (Å²) in [4.78, 5) is 11.1. The van der Waals surface area contributed by atoms with E-state index in [9.17, 15) is 17.7 Å². The van der Waals surface area contributed by atoms with Gasteiger partial charge < -0.3 is 17.7 Å². The number of hydrogen-bond donors (Lipinski definition) is 0. The van der Waals surface area contributed by atoms with Crippen LogP contribution in [0.25, 0.3) is 0 Å². The van der Waals surface area contributed by atoms with E-state index < -0.39 is 24.0 Å². The van der Waals surface area contributed by atoms with Crippen LogP contribution >= 0.6 is 0 Å². The second-order valence-electron chi connectivity index (χ2n) is 3.16. The molecule has 0 aromatic heterocycles. The van der Waals surface area contributed by atoms with Crippen molar-refractivity contribution in [2.45, 2.75) is 6.92 Å². The Morgan fingerprint density at radius 3 is 2.40 bits per heavy atom. The molecular formula is C9H9BF3O2-. The number of benzene rings is 1. The molecule has 82 valence electrons. The first-order valence-corrected chi connectivity index (χ1v) is 4.25. The molecule has 1 aromatic rings. The molecule has 0 aliphatic heterocycles. The maximum atomic E-state index is 12.5. The van der Waals surface area contributed by atoms with Crippen LogP contribution in [0.3, 0.4) is 0 Å². The standard InChI is InChI=1S/C9H9BF3O2/c1-6-3-4-8(10(11,12)13)7(5-6)9(14)15-2/h3-5H,1-2H3/q-1. The summed E-state index contributed by atoms with van der Waals surface area (Å²) >= 11 is 0. The molecule has 0 saturated carbocycles. The van der Waals surface area contributed by atoms with Gasteiger partial charge in [-0.1, -0.05) is 23.2 Å². The number of carbonyl (C=O) groups excluding carboxylic acids is 1. The van der Waals surface area contributed by atoms with E-state index in [1.54, 1.807) is 6.92 Å². The van der Waals surface area contributed by atoms with Crippen LogP contribution in [0.1, 0.15) is 15.9 Å². The Kier molecular flexibility index (Phi) is 3.07. The molecule has 0 spiro atoms. The van der Waals surface area contributed by atoms with Crippen LogP contribution in [0.5, 0.6) is 0 Å². The summed E-state index contributed by atoms with van der Waals surface area (Å²) in [5.74, 6) is -0.965. The van der Waals surface area contributed by atoms with Gasteiger partial charge in [0.15, 0.2) is 0 Å². The molecule has 0 atom stereocenters. The monoisotopic (exact) mass is 217 g/mol. The lowest BCUT2D eigenvalue weighted by Crippen LogP contribution is -2.38. The lowest BCUT2D eigenvalue weighted by molar-refractivity contribution is 0.0601. The van der Waals surface area contributed by atoms with Crippen molar-refractivity contribution in [2.24, 2.45) is 0 Å². The maximum absolute atomic E-state index is 12.5. The Labute approximate surface area is 85.1 Å². The predicted molar refractivity (Wildman–Crippen MR) is 51.2 cm³/mol. The van der Waals surface area contributed by atoms with Crippen molar-refractivity contribution in [1.82, 2.24) is 0 Å². The molecule has 15 heavy (non-hydrogen) atoms. The maximum Gasteiger partial charge on any atom is 0.510 e. The molecule has 0 radical (unpaired) electrons. The van der Waals surface area contributed by atoms with Gasteiger partial charge in [0.2, 0.25) is 0 Å². The fraction of sp³-hybridized carbons (Fsp3) is 0.222. The highest BCUT2D eigenvalue weighted by molar-refractivity contribution is 6.74. The number of esters is 1. The van der Waals surface area contributed by atoms with Gasteiger partial charge in [0, 0.05) is 5.56 Å². The fourth-order valence-corrected chi connectivity index (χ4v) is 1.24. The van der Waals surface area contributed by atoms with Crippen molar-refractivity contribution in [3.05, 3.63) is 29.3 Å². The molecule has 2 nitrogen and oxygen atoms in total. The van der Waals surface area contributed by atoms with E-state index in [0.717, 1.165) is 13.2 Å². The smallest absolute Gasteiger partial charge is 0.465 e. The molecule has 0 fully saturated rings. The van der Waals surface area contributed by atoms with Crippen LogP contribution in [0.2, 0.25) is 0 Å². The third-order valence-electron chi connectivity index (χ3n) is 1.97. The Morgan fingerprint density at radius 1 is 1.33 bits per heavy atom. The zero-order valence-electron chi connectivity index (χ0n) is 8.26. The summed E-state index contributed by atoms with van der Waals surface area (Å²) in [5.41, 5.74) is -0.753. The molecule has 0 aliphatic carbocycles. The molecule has 0 unspecified atom stereocenters. The van der Waals surface area contributed by atoms with E-state index in [0.29, 0.717) is 5.56 Å². The van der Waals surface area contributed by atoms with Crippen molar-refractivity contribution >= 4 is 18.4 Å². The summed E-state index contributed by atoms with van der Waals surface area (Å²) in [6, 6.07) is 3.40. The second kappa shape index (κ2) is 3.96. The number of hydrogen-bond acceptors (Lipinski definition) is 2. The Balaban J connectivity index is 3.33. The first-order chi connectivity index (χ1) is 6.86. The van der Waals surface area contributed by atoms with Crippen LogP contribution in [0.4, 0.5) is 12.9 Å². The average Bonchev–Trinajstić information content (AvgIpc) is 2.14. The molecule has 0 bridgehead atoms. The van der Waals surface area contributed by atoms with Crippen molar-refractivity contribution in [1.29, 1.82) is 0 Å². The molecule has 6 heteroatoms. The topological polar surface area (TPSA) is 26.3 Å². The minimum atomic E-state index is -5.19. The van der Waals surface area contributed by atoms with Gasteiger partial charge in [-0.05, 0) is 13.0 Å². The van der Waals surface area contributed by atoms with Gasteiger partial charge >= 0.3 is 12.9 Å². The molecule has 0 N–H and O–H groups in total. The van der Waals surface area contributed by atoms with E-state index >= 15 is 0 Å². The van der Waals surface area contributed by atoms with Gasteiger partial charge in [-0.15, -0.1) is 0 Å². The summed E-state index contributed by atoms with van der Waals surface area (Å²) in [6.07, 6.45) is 0. The molecular weight excluding hydrogens is 208 g/mol. The highest BCUT2D eigenvalue weighted by atomic mass is 19.4. The number of aryl methyl sites for hydroxylation is 1. The van der Waals surface area contributed by atoms with Crippen LogP contribution in [0.15, 0.2) is 18.2 Å². The van der Waals surface area contributed by atoms with Gasteiger partial charge in [-0.25, -0.2) is 4.79 Å². The van der Waals surface area contributed by atoms with Crippen molar-refractivity contribution < 1.29 is 22.5 Å². The first-order valence-electron chi connectivity index (χ1n) is 4.25. The quantitative estimate of drug-likeness (QED) is 0.557. The molecule has 0 amide bonds.